The lowest BCUT2D eigenvalue weighted by Crippen LogP contribution is -2.50. The number of amides is 3. The number of nitrogens with zero attached hydrogens (tertiary/aromatic N) is 2. The number of fused-ring (bicyclic) bond motifs is 1. The van der Waals surface area contributed by atoms with Crippen LogP contribution >= 0.6 is 0 Å². The highest BCUT2D eigenvalue weighted by molar-refractivity contribution is 5.96. The minimum atomic E-state index is -0.371. The third-order valence-corrected chi connectivity index (χ3v) is 5.31. The summed E-state index contributed by atoms with van der Waals surface area (Å²) >= 11 is 0. The van der Waals surface area contributed by atoms with Crippen molar-refractivity contribution < 1.29 is 18.7 Å². The van der Waals surface area contributed by atoms with Gasteiger partial charge in [0.15, 0.2) is 0 Å². The molecule has 3 heterocycles. The van der Waals surface area contributed by atoms with E-state index in [4.69, 9.17) is 4.74 Å². The number of piperidine rings is 1. The molecule has 2 aliphatic heterocycles. The summed E-state index contributed by atoms with van der Waals surface area (Å²) in [6.45, 7) is 1.05. The molecule has 146 valence electrons. The minimum Gasteiger partial charge on any atom is -0.487 e. The first-order valence-electron chi connectivity index (χ1n) is 9.19. The number of halogens is 1. The number of urea groups is 1. The second-order valence-electron chi connectivity index (χ2n) is 7.14. The predicted octanol–water partition coefficient (Wildman–Crippen LogP) is 2.58. The van der Waals surface area contributed by atoms with Gasteiger partial charge in [0.2, 0.25) is 0 Å². The van der Waals surface area contributed by atoms with Gasteiger partial charge in [0.05, 0.1) is 0 Å². The zero-order valence-corrected chi connectivity index (χ0v) is 15.5. The van der Waals surface area contributed by atoms with Crippen molar-refractivity contribution in [3.63, 3.8) is 0 Å². The SMILES string of the molecule is CNC(=O)c1ccnc(NC(=O)N2CCC3(CC2)Cc2cc(F)ccc2O3)c1. The van der Waals surface area contributed by atoms with Crippen LogP contribution in [0.4, 0.5) is 15.0 Å². The highest BCUT2D eigenvalue weighted by atomic mass is 19.1. The Kier molecular flexibility index (Phi) is 4.62. The molecule has 7 nitrogen and oxygen atoms in total. The van der Waals surface area contributed by atoms with Crippen LogP contribution in [0.15, 0.2) is 36.5 Å². The minimum absolute atomic E-state index is 0.243. The van der Waals surface area contributed by atoms with Gasteiger partial charge in [-0.25, -0.2) is 14.2 Å². The Hall–Kier alpha value is -3.16. The van der Waals surface area contributed by atoms with Crippen LogP contribution in [-0.2, 0) is 6.42 Å². The molecular weight excluding hydrogens is 363 g/mol. The first kappa shape index (κ1) is 18.2. The maximum absolute atomic E-state index is 13.4. The maximum atomic E-state index is 13.4. The summed E-state index contributed by atoms with van der Waals surface area (Å²) in [5.41, 5.74) is 0.937. The smallest absolute Gasteiger partial charge is 0.323 e. The average molecular weight is 384 g/mol. The molecule has 0 bridgehead atoms. The van der Waals surface area contributed by atoms with Crippen molar-refractivity contribution in [2.75, 3.05) is 25.5 Å². The van der Waals surface area contributed by atoms with Gasteiger partial charge in [0.1, 0.15) is 23.0 Å². The first-order valence-corrected chi connectivity index (χ1v) is 9.19. The lowest BCUT2D eigenvalue weighted by molar-refractivity contribution is 0.0319. The fraction of sp³-hybridized carbons (Fsp3) is 0.350. The van der Waals surface area contributed by atoms with E-state index in [9.17, 15) is 14.0 Å². The Balaban J connectivity index is 1.37. The van der Waals surface area contributed by atoms with Gasteiger partial charge in [0, 0.05) is 56.7 Å². The van der Waals surface area contributed by atoms with Crippen molar-refractivity contribution in [3.05, 3.63) is 53.5 Å². The van der Waals surface area contributed by atoms with Crippen molar-refractivity contribution in [2.24, 2.45) is 0 Å². The summed E-state index contributed by atoms with van der Waals surface area (Å²) in [5.74, 6) is 0.552. The van der Waals surface area contributed by atoms with Crippen LogP contribution in [0.25, 0.3) is 0 Å². The van der Waals surface area contributed by atoms with Crippen LogP contribution in [0.2, 0.25) is 0 Å². The lowest BCUT2D eigenvalue weighted by Gasteiger charge is -2.38. The van der Waals surface area contributed by atoms with Crippen LogP contribution in [-0.4, -0.2) is 47.6 Å². The van der Waals surface area contributed by atoms with Crippen molar-refractivity contribution in [1.82, 2.24) is 15.2 Å². The van der Waals surface area contributed by atoms with E-state index in [-0.39, 0.29) is 23.4 Å². The van der Waals surface area contributed by atoms with Gasteiger partial charge in [-0.1, -0.05) is 0 Å². The molecule has 1 aromatic heterocycles. The van der Waals surface area contributed by atoms with E-state index < -0.39 is 0 Å². The van der Waals surface area contributed by atoms with Gasteiger partial charge in [-0.15, -0.1) is 0 Å². The summed E-state index contributed by atoms with van der Waals surface area (Å²) in [4.78, 5) is 30.1. The number of carbonyl (C=O) groups is 2. The second-order valence-corrected chi connectivity index (χ2v) is 7.14. The van der Waals surface area contributed by atoms with E-state index in [1.54, 1.807) is 24.1 Å². The van der Waals surface area contributed by atoms with Crippen LogP contribution < -0.4 is 15.4 Å². The molecule has 1 aromatic carbocycles. The first-order chi connectivity index (χ1) is 13.5. The van der Waals surface area contributed by atoms with Crippen molar-refractivity contribution in [3.8, 4) is 5.75 Å². The number of anilines is 1. The van der Waals surface area contributed by atoms with Crippen LogP contribution in [0.3, 0.4) is 0 Å². The number of hydrogen-bond donors (Lipinski definition) is 2. The molecule has 0 aliphatic carbocycles. The standard InChI is InChI=1S/C20H21FN4O3/c1-22-18(26)13-4-7-23-17(11-13)24-19(27)25-8-5-20(6-9-25)12-14-10-15(21)2-3-16(14)28-20/h2-4,7,10-11H,5-6,8-9,12H2,1H3,(H,22,26)(H,23,24,27). The Morgan fingerprint density at radius 2 is 2.00 bits per heavy atom. The highest BCUT2D eigenvalue weighted by Gasteiger charge is 2.42. The van der Waals surface area contributed by atoms with E-state index in [1.165, 1.54) is 24.4 Å². The zero-order valence-electron chi connectivity index (χ0n) is 15.5. The average Bonchev–Trinajstić information content (AvgIpc) is 3.04. The van der Waals surface area contributed by atoms with E-state index in [2.05, 4.69) is 15.6 Å². The van der Waals surface area contributed by atoms with E-state index in [0.29, 0.717) is 43.7 Å². The van der Waals surface area contributed by atoms with Crippen LogP contribution in [0.1, 0.15) is 28.8 Å². The summed E-state index contributed by atoms with van der Waals surface area (Å²) in [6.07, 6.45) is 3.48. The molecule has 8 heteroatoms. The fourth-order valence-electron chi connectivity index (χ4n) is 3.77. The third-order valence-electron chi connectivity index (χ3n) is 5.31. The van der Waals surface area contributed by atoms with Gasteiger partial charge in [-0.2, -0.15) is 0 Å². The molecule has 0 atom stereocenters. The number of aromatic nitrogens is 1. The monoisotopic (exact) mass is 384 g/mol. The molecule has 0 radical (unpaired) electrons. The Morgan fingerprint density at radius 1 is 1.21 bits per heavy atom. The Bertz CT molecular complexity index is 925. The molecule has 1 saturated heterocycles. The second kappa shape index (κ2) is 7.10. The molecule has 0 saturated carbocycles. The third kappa shape index (κ3) is 3.49. The fourth-order valence-corrected chi connectivity index (χ4v) is 3.77. The van der Waals surface area contributed by atoms with Gasteiger partial charge in [-0.3, -0.25) is 10.1 Å². The molecule has 2 aliphatic rings. The van der Waals surface area contributed by atoms with Crippen molar-refractivity contribution in [1.29, 1.82) is 0 Å². The summed E-state index contributed by atoms with van der Waals surface area (Å²) in [7, 11) is 1.54. The molecular formula is C20H21FN4O3. The number of carbonyl (C=O) groups excluding carboxylic acids is 2. The highest BCUT2D eigenvalue weighted by Crippen LogP contribution is 2.41. The van der Waals surface area contributed by atoms with Crippen molar-refractivity contribution >= 4 is 17.8 Å². The number of nitrogens with one attached hydrogen (secondary N) is 2. The number of hydrogen-bond acceptors (Lipinski definition) is 4. The predicted molar refractivity (Wildman–Crippen MR) is 101 cm³/mol. The summed E-state index contributed by atoms with van der Waals surface area (Å²) in [5, 5.41) is 5.28. The molecule has 4 rings (SSSR count). The number of rotatable bonds is 2. The van der Waals surface area contributed by atoms with Gasteiger partial charge in [-0.05, 0) is 30.3 Å². The number of benzene rings is 1. The van der Waals surface area contributed by atoms with Gasteiger partial charge >= 0.3 is 6.03 Å². The largest absolute Gasteiger partial charge is 0.487 e. The molecule has 3 amide bonds. The summed E-state index contributed by atoms with van der Waals surface area (Å²) in [6, 6.07) is 7.45. The molecule has 0 unspecified atom stereocenters. The molecule has 28 heavy (non-hydrogen) atoms. The molecule has 2 N–H and O–H groups in total. The molecule has 2 aromatic rings. The molecule has 1 spiro atoms. The van der Waals surface area contributed by atoms with E-state index in [0.717, 1.165) is 11.3 Å². The topological polar surface area (TPSA) is 83.6 Å². The number of ether oxygens (including phenoxy) is 1. The maximum Gasteiger partial charge on any atom is 0.323 e. The van der Waals surface area contributed by atoms with Crippen LogP contribution in [0.5, 0.6) is 5.75 Å². The molecule has 1 fully saturated rings. The van der Waals surface area contributed by atoms with E-state index >= 15 is 0 Å². The Labute approximate surface area is 161 Å². The Morgan fingerprint density at radius 3 is 2.75 bits per heavy atom. The van der Waals surface area contributed by atoms with Gasteiger partial charge in [0.25, 0.3) is 5.91 Å². The van der Waals surface area contributed by atoms with Crippen molar-refractivity contribution in [2.45, 2.75) is 24.9 Å². The van der Waals surface area contributed by atoms with E-state index in [1.807, 2.05) is 0 Å². The normalized spacial score (nSPS) is 17.0. The lowest BCUT2D eigenvalue weighted by atomic mass is 9.87. The quantitative estimate of drug-likeness (QED) is 0.834. The van der Waals surface area contributed by atoms with Gasteiger partial charge < -0.3 is 15.0 Å². The van der Waals surface area contributed by atoms with Crippen LogP contribution in [0, 0.1) is 5.82 Å². The summed E-state index contributed by atoms with van der Waals surface area (Å²) < 4.78 is 19.6. The number of pyridine rings is 1. The zero-order chi connectivity index (χ0) is 19.7. The number of likely N-dealkylation sites (tertiary alicyclic amines) is 1.